The number of rotatable bonds is 6. The van der Waals surface area contributed by atoms with Crippen LogP contribution in [-0.2, 0) is 0 Å². The van der Waals surface area contributed by atoms with Crippen molar-refractivity contribution in [1.29, 1.82) is 0 Å². The Labute approximate surface area is 136 Å². The second-order valence-electron chi connectivity index (χ2n) is 4.93. The molecule has 2 heterocycles. The summed E-state index contributed by atoms with van der Waals surface area (Å²) in [5.41, 5.74) is 0.914. The van der Waals surface area contributed by atoms with Crippen LogP contribution in [0.15, 0.2) is 36.9 Å². The maximum absolute atomic E-state index is 12.0. The first-order valence-corrected chi connectivity index (χ1v) is 7.07. The summed E-state index contributed by atoms with van der Waals surface area (Å²) in [7, 11) is 0. The van der Waals surface area contributed by atoms with Gasteiger partial charge in [0.2, 0.25) is 5.88 Å². The van der Waals surface area contributed by atoms with Crippen LogP contribution in [0.5, 0.6) is 5.88 Å². The second-order valence-corrected chi connectivity index (χ2v) is 4.93. The zero-order valence-electron chi connectivity index (χ0n) is 12.7. The molecule has 2 rings (SSSR count). The standard InChI is InChI=1S/C15H15F3N4O2/c1-10(22-14(23)12-4-6-19-9-21-12)11-2-3-13(20-8-11)24-7-5-15(16,17)18/h2-4,6,8-10H,5,7H2,1H3,(H,22,23). The number of alkyl halides is 3. The summed E-state index contributed by atoms with van der Waals surface area (Å²) in [5, 5.41) is 2.74. The van der Waals surface area contributed by atoms with Crippen molar-refractivity contribution < 1.29 is 22.7 Å². The number of hydrogen-bond acceptors (Lipinski definition) is 5. The average Bonchev–Trinajstić information content (AvgIpc) is 2.55. The molecule has 1 atom stereocenters. The van der Waals surface area contributed by atoms with Crippen LogP contribution in [0.1, 0.15) is 35.4 Å². The number of pyridine rings is 1. The van der Waals surface area contributed by atoms with Crippen molar-refractivity contribution in [3.8, 4) is 5.88 Å². The van der Waals surface area contributed by atoms with Gasteiger partial charge in [-0.3, -0.25) is 4.79 Å². The maximum atomic E-state index is 12.0. The molecule has 0 radical (unpaired) electrons. The van der Waals surface area contributed by atoms with Crippen LogP contribution in [0, 0.1) is 0 Å². The van der Waals surface area contributed by atoms with Gasteiger partial charge in [-0.25, -0.2) is 15.0 Å². The van der Waals surface area contributed by atoms with E-state index in [1.807, 2.05) is 0 Å². The van der Waals surface area contributed by atoms with Crippen LogP contribution >= 0.6 is 0 Å². The predicted octanol–water partition coefficient (Wildman–Crippen LogP) is 2.69. The van der Waals surface area contributed by atoms with E-state index in [2.05, 4.69) is 20.3 Å². The molecule has 0 bridgehead atoms. The Hall–Kier alpha value is -2.71. The number of ether oxygens (including phenoxy) is 1. The molecule has 0 saturated heterocycles. The monoisotopic (exact) mass is 340 g/mol. The average molecular weight is 340 g/mol. The van der Waals surface area contributed by atoms with Gasteiger partial charge in [-0.15, -0.1) is 0 Å². The molecule has 1 amide bonds. The van der Waals surface area contributed by atoms with E-state index in [-0.39, 0.29) is 23.5 Å². The molecule has 0 spiro atoms. The van der Waals surface area contributed by atoms with Crippen molar-refractivity contribution in [2.75, 3.05) is 6.61 Å². The third-order valence-corrected chi connectivity index (χ3v) is 3.06. The maximum Gasteiger partial charge on any atom is 0.392 e. The van der Waals surface area contributed by atoms with E-state index in [9.17, 15) is 18.0 Å². The van der Waals surface area contributed by atoms with Gasteiger partial charge in [0.25, 0.3) is 5.91 Å². The molecule has 1 unspecified atom stereocenters. The molecule has 0 fully saturated rings. The molecule has 9 heteroatoms. The summed E-state index contributed by atoms with van der Waals surface area (Å²) in [4.78, 5) is 23.5. The normalized spacial score (nSPS) is 12.5. The van der Waals surface area contributed by atoms with Crippen molar-refractivity contribution in [3.05, 3.63) is 48.2 Å². The van der Waals surface area contributed by atoms with Gasteiger partial charge in [-0.1, -0.05) is 6.07 Å². The van der Waals surface area contributed by atoms with Crippen LogP contribution in [0.2, 0.25) is 0 Å². The number of nitrogens with zero attached hydrogens (tertiary/aromatic N) is 3. The van der Waals surface area contributed by atoms with Crippen LogP contribution in [-0.4, -0.2) is 33.6 Å². The molecule has 2 aromatic rings. The van der Waals surface area contributed by atoms with Gasteiger partial charge in [0.05, 0.1) is 19.1 Å². The first-order chi connectivity index (χ1) is 11.3. The van der Waals surface area contributed by atoms with Crippen LogP contribution in [0.3, 0.4) is 0 Å². The lowest BCUT2D eigenvalue weighted by Crippen LogP contribution is -2.27. The molecule has 0 aliphatic rings. The molecule has 0 aliphatic heterocycles. The summed E-state index contributed by atoms with van der Waals surface area (Å²) in [6.45, 7) is 1.26. The molecular formula is C15H15F3N4O2. The van der Waals surface area contributed by atoms with E-state index in [0.717, 1.165) is 0 Å². The molecule has 2 aromatic heterocycles. The summed E-state index contributed by atoms with van der Waals surface area (Å²) >= 11 is 0. The fourth-order valence-electron chi connectivity index (χ4n) is 1.78. The zero-order chi connectivity index (χ0) is 17.6. The Morgan fingerprint density at radius 1 is 1.29 bits per heavy atom. The van der Waals surface area contributed by atoms with Gasteiger partial charge in [-0.2, -0.15) is 13.2 Å². The molecule has 6 nitrogen and oxygen atoms in total. The summed E-state index contributed by atoms with van der Waals surface area (Å²) in [5.74, 6) is -0.271. The minimum absolute atomic E-state index is 0.0947. The molecule has 0 aromatic carbocycles. The van der Waals surface area contributed by atoms with E-state index in [0.29, 0.717) is 5.56 Å². The largest absolute Gasteiger partial charge is 0.477 e. The number of halogens is 3. The van der Waals surface area contributed by atoms with Crippen molar-refractivity contribution in [1.82, 2.24) is 20.3 Å². The second kappa shape index (κ2) is 7.71. The fraction of sp³-hybridized carbons (Fsp3) is 0.333. The highest BCUT2D eigenvalue weighted by Gasteiger charge is 2.26. The SMILES string of the molecule is CC(NC(=O)c1ccncn1)c1ccc(OCCC(F)(F)F)nc1. The lowest BCUT2D eigenvalue weighted by Gasteiger charge is -2.14. The predicted molar refractivity (Wildman–Crippen MR) is 78.3 cm³/mol. The quantitative estimate of drug-likeness (QED) is 0.875. The minimum atomic E-state index is -4.26. The Morgan fingerprint density at radius 2 is 2.08 bits per heavy atom. The van der Waals surface area contributed by atoms with Crippen LogP contribution < -0.4 is 10.1 Å². The molecule has 24 heavy (non-hydrogen) atoms. The van der Waals surface area contributed by atoms with Gasteiger partial charge in [0.1, 0.15) is 12.0 Å². The first-order valence-electron chi connectivity index (χ1n) is 7.07. The van der Waals surface area contributed by atoms with Crippen LogP contribution in [0.25, 0.3) is 0 Å². The third-order valence-electron chi connectivity index (χ3n) is 3.06. The van der Waals surface area contributed by atoms with E-state index < -0.39 is 19.2 Å². The van der Waals surface area contributed by atoms with E-state index in [4.69, 9.17) is 4.74 Å². The number of nitrogens with one attached hydrogen (secondary N) is 1. The number of aromatic nitrogens is 3. The summed E-state index contributed by atoms with van der Waals surface area (Å²) < 4.78 is 41.1. The Kier molecular flexibility index (Phi) is 5.67. The zero-order valence-corrected chi connectivity index (χ0v) is 12.7. The van der Waals surface area contributed by atoms with Gasteiger partial charge in [0, 0.05) is 18.5 Å². The lowest BCUT2D eigenvalue weighted by molar-refractivity contribution is -0.139. The van der Waals surface area contributed by atoms with E-state index >= 15 is 0 Å². The molecule has 128 valence electrons. The van der Waals surface area contributed by atoms with Crippen molar-refractivity contribution in [2.24, 2.45) is 0 Å². The van der Waals surface area contributed by atoms with Gasteiger partial charge in [0.15, 0.2) is 0 Å². The molecular weight excluding hydrogens is 325 g/mol. The van der Waals surface area contributed by atoms with Crippen molar-refractivity contribution in [3.63, 3.8) is 0 Å². The highest BCUT2D eigenvalue weighted by molar-refractivity contribution is 5.92. The van der Waals surface area contributed by atoms with Crippen LogP contribution in [0.4, 0.5) is 13.2 Å². The summed E-state index contributed by atoms with van der Waals surface area (Å²) in [6.07, 6.45) is -1.13. The number of amides is 1. The lowest BCUT2D eigenvalue weighted by atomic mass is 10.1. The van der Waals surface area contributed by atoms with Gasteiger partial charge in [-0.05, 0) is 18.6 Å². The molecule has 0 aliphatic carbocycles. The number of carbonyl (C=O) groups excluding carboxylic acids is 1. The Balaban J connectivity index is 1.89. The highest BCUT2D eigenvalue weighted by Crippen LogP contribution is 2.20. The van der Waals surface area contributed by atoms with Crippen molar-refractivity contribution >= 4 is 5.91 Å². The smallest absolute Gasteiger partial charge is 0.392 e. The van der Waals surface area contributed by atoms with Crippen molar-refractivity contribution in [2.45, 2.75) is 25.6 Å². The number of hydrogen-bond donors (Lipinski definition) is 1. The Morgan fingerprint density at radius 3 is 2.67 bits per heavy atom. The molecule has 0 saturated carbocycles. The van der Waals surface area contributed by atoms with E-state index in [1.54, 1.807) is 13.0 Å². The fourth-order valence-corrected chi connectivity index (χ4v) is 1.78. The number of carbonyl (C=O) groups is 1. The minimum Gasteiger partial charge on any atom is -0.477 e. The summed E-state index contributed by atoms with van der Waals surface area (Å²) in [6, 6.07) is 4.21. The van der Waals surface area contributed by atoms with Gasteiger partial charge >= 0.3 is 6.18 Å². The first kappa shape index (κ1) is 17.6. The Bertz CT molecular complexity index is 663. The van der Waals surface area contributed by atoms with Gasteiger partial charge < -0.3 is 10.1 Å². The van der Waals surface area contributed by atoms with E-state index in [1.165, 1.54) is 30.9 Å². The third kappa shape index (κ3) is 5.49. The highest BCUT2D eigenvalue weighted by atomic mass is 19.4. The topological polar surface area (TPSA) is 77.0 Å². The molecule has 1 N–H and O–H groups in total.